The van der Waals surface area contributed by atoms with Crippen LogP contribution in [0.3, 0.4) is 0 Å². The molecular weight excluding hydrogens is 466 g/mol. The summed E-state index contributed by atoms with van der Waals surface area (Å²) in [4.78, 5) is 12.7. The molecule has 0 fully saturated rings. The lowest BCUT2D eigenvalue weighted by molar-refractivity contribution is 0.439. The maximum Gasteiger partial charge on any atom is 0.278 e. The lowest BCUT2D eigenvalue weighted by atomic mass is 10.0. The first-order chi connectivity index (χ1) is 16.1. The predicted octanol–water partition coefficient (Wildman–Crippen LogP) is 4.25. The average molecular weight is 489 g/mol. The Balaban J connectivity index is 1.96. The molecule has 0 amide bonds. The Kier molecular flexibility index (Phi) is 6.13. The molecule has 11 heteroatoms. The number of nitrogens with zero attached hydrogens (tertiary/aromatic N) is 3. The second-order valence-corrected chi connectivity index (χ2v) is 9.61. The van der Waals surface area contributed by atoms with Crippen molar-refractivity contribution >= 4 is 26.6 Å². The zero-order chi connectivity index (χ0) is 24.6. The van der Waals surface area contributed by atoms with Crippen molar-refractivity contribution in [3.63, 3.8) is 0 Å². The Morgan fingerprint density at radius 3 is 2.44 bits per heavy atom. The number of hydrogen-bond donors (Lipinski definition) is 1. The summed E-state index contributed by atoms with van der Waals surface area (Å²) in [6.45, 7) is 3.91. The van der Waals surface area contributed by atoms with E-state index in [2.05, 4.69) is 9.82 Å². The smallest absolute Gasteiger partial charge is 0.278 e. The number of ether oxygens (including phenoxy) is 1. The van der Waals surface area contributed by atoms with E-state index >= 15 is 0 Å². The fourth-order valence-corrected chi connectivity index (χ4v) is 4.09. The van der Waals surface area contributed by atoms with Crippen LogP contribution in [0, 0.1) is 11.6 Å². The Morgan fingerprint density at radius 1 is 1.03 bits per heavy atom. The Hall–Kier alpha value is -3.73. The molecule has 8 nitrogen and oxygen atoms in total. The first-order valence-electron chi connectivity index (χ1n) is 10.5. The third kappa shape index (κ3) is 4.51. The Labute approximate surface area is 194 Å². The normalized spacial score (nSPS) is 11.7. The highest BCUT2D eigenvalue weighted by atomic mass is 32.2. The Bertz CT molecular complexity index is 1560. The first kappa shape index (κ1) is 23.4. The minimum absolute atomic E-state index is 0.130. The minimum atomic E-state index is -3.58. The quantitative estimate of drug-likeness (QED) is 0.420. The van der Waals surface area contributed by atoms with Crippen molar-refractivity contribution in [1.82, 2.24) is 14.3 Å². The van der Waals surface area contributed by atoms with E-state index in [9.17, 15) is 22.0 Å². The Morgan fingerprint density at radius 2 is 1.76 bits per heavy atom. The number of aryl methyl sites for hydroxylation is 2. The van der Waals surface area contributed by atoms with E-state index in [-0.39, 0.29) is 34.0 Å². The van der Waals surface area contributed by atoms with Crippen LogP contribution in [0.15, 0.2) is 53.6 Å². The van der Waals surface area contributed by atoms with Crippen LogP contribution >= 0.6 is 0 Å². The summed E-state index contributed by atoms with van der Waals surface area (Å²) in [5.41, 5.74) is 1.08. The topological polar surface area (TPSA) is 95.2 Å². The molecule has 4 rings (SSSR count). The van der Waals surface area contributed by atoms with Crippen molar-refractivity contribution in [1.29, 1.82) is 0 Å². The van der Waals surface area contributed by atoms with Crippen LogP contribution in [0.5, 0.6) is 11.5 Å². The van der Waals surface area contributed by atoms with Crippen molar-refractivity contribution in [2.45, 2.75) is 20.4 Å². The third-order valence-corrected chi connectivity index (χ3v) is 6.57. The molecule has 2 aromatic carbocycles. The van der Waals surface area contributed by atoms with Crippen LogP contribution in [-0.2, 0) is 23.6 Å². The molecule has 1 N–H and O–H groups in total. The summed E-state index contributed by atoms with van der Waals surface area (Å²) in [7, 11) is -2.01. The van der Waals surface area contributed by atoms with Gasteiger partial charge >= 0.3 is 0 Å². The van der Waals surface area contributed by atoms with Gasteiger partial charge in [0.15, 0.2) is 17.1 Å². The molecule has 0 atom stereocenters. The van der Waals surface area contributed by atoms with Gasteiger partial charge in [-0.3, -0.25) is 14.2 Å². The molecule has 0 unspecified atom stereocenters. The number of fused-ring (bicyclic) bond motifs is 1. The monoisotopic (exact) mass is 488 g/mol. The van der Waals surface area contributed by atoms with Gasteiger partial charge in [-0.15, -0.1) is 0 Å². The summed E-state index contributed by atoms with van der Waals surface area (Å²) in [6.07, 6.45) is 3.28. The zero-order valence-corrected chi connectivity index (χ0v) is 19.5. The van der Waals surface area contributed by atoms with Crippen LogP contribution < -0.4 is 15.0 Å². The molecule has 0 spiro atoms. The number of benzene rings is 2. The van der Waals surface area contributed by atoms with Crippen molar-refractivity contribution in [2.75, 3.05) is 10.5 Å². The van der Waals surface area contributed by atoms with Gasteiger partial charge in [0.1, 0.15) is 11.6 Å². The van der Waals surface area contributed by atoms with Gasteiger partial charge in [-0.25, -0.2) is 17.2 Å². The zero-order valence-electron chi connectivity index (χ0n) is 18.7. The summed E-state index contributed by atoms with van der Waals surface area (Å²) < 4.78 is 63.2. The number of aromatic nitrogens is 3. The van der Waals surface area contributed by atoms with Gasteiger partial charge in [-0.2, -0.15) is 5.10 Å². The molecule has 0 saturated heterocycles. The average Bonchev–Trinajstić information content (AvgIpc) is 3.24. The second kappa shape index (κ2) is 8.90. The molecule has 4 aromatic rings. The van der Waals surface area contributed by atoms with Gasteiger partial charge in [0.25, 0.3) is 5.56 Å². The molecule has 2 aromatic heterocycles. The van der Waals surface area contributed by atoms with E-state index in [1.54, 1.807) is 24.1 Å². The van der Waals surface area contributed by atoms with Gasteiger partial charge in [0.2, 0.25) is 10.0 Å². The van der Waals surface area contributed by atoms with E-state index in [1.165, 1.54) is 29.7 Å². The number of halogens is 2. The van der Waals surface area contributed by atoms with Gasteiger partial charge in [0, 0.05) is 54.3 Å². The fraction of sp³-hybridized carbons (Fsp3) is 0.217. The van der Waals surface area contributed by atoms with E-state index in [0.29, 0.717) is 29.1 Å². The molecule has 0 radical (unpaired) electrons. The molecule has 0 aliphatic carbocycles. The van der Waals surface area contributed by atoms with Crippen LogP contribution in [0.4, 0.5) is 14.5 Å². The third-order valence-electron chi connectivity index (χ3n) is 5.26. The maximum atomic E-state index is 14.3. The van der Waals surface area contributed by atoms with Crippen LogP contribution in [0.1, 0.15) is 13.8 Å². The second-order valence-electron chi connectivity index (χ2n) is 7.60. The number of rotatable bonds is 7. The molecular formula is C23H22F2N4O4S. The lowest BCUT2D eigenvalue weighted by Gasteiger charge is -2.16. The van der Waals surface area contributed by atoms with Crippen molar-refractivity contribution in [3.8, 4) is 22.6 Å². The lowest BCUT2D eigenvalue weighted by Crippen LogP contribution is -2.17. The molecule has 34 heavy (non-hydrogen) atoms. The number of pyridine rings is 1. The highest BCUT2D eigenvalue weighted by molar-refractivity contribution is 7.92. The highest BCUT2D eigenvalue weighted by Crippen LogP contribution is 2.39. The van der Waals surface area contributed by atoms with Crippen molar-refractivity contribution < 1.29 is 21.9 Å². The molecule has 2 heterocycles. The number of sulfonamides is 1. The van der Waals surface area contributed by atoms with E-state index in [1.807, 2.05) is 6.92 Å². The maximum absolute atomic E-state index is 14.3. The molecule has 0 saturated carbocycles. The van der Waals surface area contributed by atoms with Crippen LogP contribution in [0.2, 0.25) is 0 Å². The van der Waals surface area contributed by atoms with Gasteiger partial charge < -0.3 is 9.30 Å². The SMILES string of the molecule is CCn1cc2c(-c3cc(NS(=O)(=O)CC)ccc3Oc3ccc(F)cc3F)cn(C)c(=O)c2n1. The number of anilines is 1. The number of hydrogen-bond acceptors (Lipinski definition) is 5. The van der Waals surface area contributed by atoms with Crippen LogP contribution in [0.25, 0.3) is 22.0 Å². The van der Waals surface area contributed by atoms with Gasteiger partial charge in [-0.1, -0.05) is 0 Å². The summed E-state index contributed by atoms with van der Waals surface area (Å²) in [6, 6.07) is 7.42. The molecule has 0 aliphatic rings. The van der Waals surface area contributed by atoms with Crippen molar-refractivity contribution in [3.05, 3.63) is 70.8 Å². The minimum Gasteiger partial charge on any atom is -0.454 e. The number of nitrogens with one attached hydrogen (secondary N) is 1. The first-order valence-corrected chi connectivity index (χ1v) is 12.1. The van der Waals surface area contributed by atoms with Gasteiger partial charge in [0.05, 0.1) is 5.75 Å². The van der Waals surface area contributed by atoms with E-state index in [0.717, 1.165) is 12.1 Å². The predicted molar refractivity (Wildman–Crippen MR) is 126 cm³/mol. The fourth-order valence-electron chi connectivity index (χ4n) is 3.46. The van der Waals surface area contributed by atoms with Crippen LogP contribution in [-0.4, -0.2) is 28.5 Å². The summed E-state index contributed by atoms with van der Waals surface area (Å²) in [5.74, 6) is -1.81. The molecule has 0 aliphatic heterocycles. The largest absolute Gasteiger partial charge is 0.454 e. The molecule has 0 bridgehead atoms. The standard InChI is InChI=1S/C23H22F2N4O4S/c1-4-29-13-18-17(12-28(3)23(30)22(18)26-29)16-11-15(27-34(31,32)5-2)7-9-20(16)33-21-8-6-14(24)10-19(21)25/h6-13,27H,4-5H2,1-3H3. The summed E-state index contributed by atoms with van der Waals surface area (Å²) >= 11 is 0. The van der Waals surface area contributed by atoms with E-state index < -0.39 is 21.7 Å². The highest BCUT2D eigenvalue weighted by Gasteiger charge is 2.19. The van der Waals surface area contributed by atoms with E-state index in [4.69, 9.17) is 4.74 Å². The van der Waals surface area contributed by atoms with Gasteiger partial charge in [-0.05, 0) is 44.2 Å². The van der Waals surface area contributed by atoms with Crippen molar-refractivity contribution in [2.24, 2.45) is 7.05 Å². The molecule has 178 valence electrons. The summed E-state index contributed by atoms with van der Waals surface area (Å²) in [5, 5.41) is 4.86.